The maximum absolute atomic E-state index is 13.3. The van der Waals surface area contributed by atoms with Crippen LogP contribution in [0.25, 0.3) is 0 Å². The number of fused-ring (bicyclic) bond motifs is 1. The van der Waals surface area contributed by atoms with Gasteiger partial charge in [0.2, 0.25) is 5.91 Å². The molecule has 0 aromatic rings. The minimum Gasteiger partial charge on any atom is -0.461 e. The number of carbonyl (C=O) groups excluding carboxylic acids is 2. The van der Waals surface area contributed by atoms with E-state index >= 15 is 0 Å². The predicted molar refractivity (Wildman–Crippen MR) is 149 cm³/mol. The molecule has 6 nitrogen and oxygen atoms in total. The number of β-lactam (4-membered cyclic amide) rings is 1. The first-order valence-electron chi connectivity index (χ1n) is 12.3. The van der Waals surface area contributed by atoms with Gasteiger partial charge in [0.05, 0.1) is 27.4 Å². The first-order valence-corrected chi connectivity index (χ1v) is 20.4. The molecule has 5 atom stereocenters. The van der Waals surface area contributed by atoms with E-state index in [-0.39, 0.29) is 32.9 Å². The Kier molecular flexibility index (Phi) is 9.32. The van der Waals surface area contributed by atoms with Crippen molar-refractivity contribution in [1.82, 2.24) is 4.90 Å². The summed E-state index contributed by atoms with van der Waals surface area (Å²) >= 11 is 3.07. The molecule has 2 saturated heterocycles. The molecule has 34 heavy (non-hydrogen) atoms. The van der Waals surface area contributed by atoms with Crippen LogP contribution in [-0.2, 0) is 29.6 Å². The van der Waals surface area contributed by atoms with E-state index in [9.17, 15) is 13.8 Å². The van der Waals surface area contributed by atoms with Crippen LogP contribution < -0.4 is 0 Å². The van der Waals surface area contributed by atoms with Gasteiger partial charge in [0.1, 0.15) is 5.37 Å². The molecular weight excluding hydrogens is 523 g/mol. The number of esters is 1. The summed E-state index contributed by atoms with van der Waals surface area (Å²) in [5.74, 6) is 0.492. The third-order valence-corrected chi connectivity index (χ3v) is 16.2. The second kappa shape index (κ2) is 11.1. The molecule has 0 aliphatic carbocycles. The highest BCUT2D eigenvalue weighted by molar-refractivity contribution is 8.26. The van der Waals surface area contributed by atoms with Crippen LogP contribution in [0.5, 0.6) is 0 Å². The maximum atomic E-state index is 13.3. The zero-order valence-corrected chi connectivity index (χ0v) is 26.7. The molecule has 0 N–H and O–H groups in total. The largest absolute Gasteiger partial charge is 0.461 e. The lowest BCUT2D eigenvalue weighted by molar-refractivity contribution is -0.157. The summed E-state index contributed by atoms with van der Waals surface area (Å²) in [5.41, 5.74) is 0.368. The van der Waals surface area contributed by atoms with Gasteiger partial charge in [0, 0.05) is 24.6 Å². The monoisotopic (exact) mass is 563 g/mol. The third kappa shape index (κ3) is 6.43. The zero-order chi connectivity index (χ0) is 25.4. The Bertz CT molecular complexity index is 858. The molecule has 0 aromatic carbocycles. The Hall–Kier alpha value is -0.0762. The molecule has 3 aliphatic heterocycles. The van der Waals surface area contributed by atoms with Crippen molar-refractivity contribution in [3.63, 3.8) is 0 Å². The van der Waals surface area contributed by atoms with E-state index in [4.69, 9.17) is 9.16 Å². The second-order valence-corrected chi connectivity index (χ2v) is 24.5. The van der Waals surface area contributed by atoms with Gasteiger partial charge in [0.15, 0.2) is 15.5 Å². The van der Waals surface area contributed by atoms with E-state index in [0.29, 0.717) is 24.0 Å². The van der Waals surface area contributed by atoms with Crippen LogP contribution in [0.2, 0.25) is 30.7 Å². The van der Waals surface area contributed by atoms with E-state index in [1.54, 1.807) is 16.7 Å². The maximum Gasteiger partial charge on any atom is 0.356 e. The minimum absolute atomic E-state index is 0.0209. The lowest BCUT2D eigenvalue weighted by Gasteiger charge is -2.45. The molecule has 2 fully saturated rings. The Labute approximate surface area is 219 Å². The molecule has 0 spiro atoms. The Balaban J connectivity index is 1.73. The van der Waals surface area contributed by atoms with Crippen molar-refractivity contribution in [1.29, 1.82) is 0 Å². The average molecular weight is 564 g/mol. The number of nitrogens with zero attached hydrogens (tertiary/aromatic N) is 1. The molecule has 3 unspecified atom stereocenters. The molecule has 0 aromatic heterocycles. The molecule has 3 rings (SSSR count). The molecule has 0 saturated carbocycles. The second-order valence-electron chi connectivity index (χ2n) is 11.8. The number of carbonyl (C=O) groups is 2. The summed E-state index contributed by atoms with van der Waals surface area (Å²) in [6.07, 6.45) is 1.63. The normalized spacial score (nSPS) is 28.7. The van der Waals surface area contributed by atoms with E-state index in [0.717, 1.165) is 23.1 Å². The predicted octanol–water partition coefficient (Wildman–Crippen LogP) is 4.51. The molecular formula is C23H41NO5S3Si2. The van der Waals surface area contributed by atoms with Crippen LogP contribution in [0.15, 0.2) is 9.93 Å². The fourth-order valence-electron chi connectivity index (χ4n) is 3.83. The van der Waals surface area contributed by atoms with Gasteiger partial charge < -0.3 is 9.16 Å². The summed E-state index contributed by atoms with van der Waals surface area (Å²) in [4.78, 5) is 28.1. The SMILES string of the molecule is CC(O[SiH2]C(C)(C)C(C)C)[C@H]1C(=O)N2C(C(=O)OCC[Si](C)(C)C)=C(SC3CCCS3=O)S[C@H]12. The van der Waals surface area contributed by atoms with Crippen molar-refractivity contribution in [2.75, 3.05) is 12.4 Å². The van der Waals surface area contributed by atoms with E-state index in [2.05, 4.69) is 47.3 Å². The number of rotatable bonds is 11. The van der Waals surface area contributed by atoms with E-state index < -0.39 is 34.6 Å². The molecule has 3 heterocycles. The topological polar surface area (TPSA) is 72.9 Å². The Morgan fingerprint density at radius 2 is 2.00 bits per heavy atom. The standard InChI is InChI=1S/C23H41NO5S3Si2/c1-14(2)23(4,5)33-29-15(3)17-19(25)24-18(21(26)28-11-13-34(6,7)8)22(31-20(17)24)30-16-10-9-12-32(16)27/h14-17,20H,9-13,33H2,1-8H3/t15?,16?,17-,20+,32?/m0/s1. The van der Waals surface area contributed by atoms with Crippen molar-refractivity contribution >= 4 is 64.0 Å². The Morgan fingerprint density at radius 3 is 2.56 bits per heavy atom. The van der Waals surface area contributed by atoms with Crippen molar-refractivity contribution in [2.24, 2.45) is 11.8 Å². The van der Waals surface area contributed by atoms with Crippen LogP contribution in [-0.4, -0.2) is 67.2 Å². The molecule has 1 amide bonds. The van der Waals surface area contributed by atoms with Gasteiger partial charge in [-0.25, -0.2) is 4.79 Å². The molecule has 3 aliphatic rings. The summed E-state index contributed by atoms with van der Waals surface area (Å²) in [6.45, 7) is 18.0. The summed E-state index contributed by atoms with van der Waals surface area (Å²) in [6, 6.07) is 0.884. The van der Waals surface area contributed by atoms with Crippen molar-refractivity contribution < 1.29 is 23.0 Å². The highest BCUT2D eigenvalue weighted by atomic mass is 32.2. The van der Waals surface area contributed by atoms with Gasteiger partial charge in [-0.15, -0.1) is 0 Å². The van der Waals surface area contributed by atoms with Crippen molar-refractivity contribution in [3.8, 4) is 0 Å². The van der Waals surface area contributed by atoms with Gasteiger partial charge in [-0.2, -0.15) is 0 Å². The highest BCUT2D eigenvalue weighted by Crippen LogP contribution is 2.56. The quantitative estimate of drug-likeness (QED) is 0.208. The first-order chi connectivity index (χ1) is 15.7. The van der Waals surface area contributed by atoms with Crippen LogP contribution in [0.1, 0.15) is 47.5 Å². The lowest BCUT2D eigenvalue weighted by Crippen LogP contribution is -2.61. The van der Waals surface area contributed by atoms with Crippen molar-refractivity contribution in [2.45, 2.75) is 94.2 Å². The zero-order valence-electron chi connectivity index (χ0n) is 21.8. The van der Waals surface area contributed by atoms with Gasteiger partial charge in [-0.05, 0) is 36.8 Å². The average Bonchev–Trinajstić information content (AvgIpc) is 3.26. The molecule has 11 heteroatoms. The van der Waals surface area contributed by atoms with Gasteiger partial charge in [-0.1, -0.05) is 70.9 Å². The summed E-state index contributed by atoms with van der Waals surface area (Å²) in [5, 5.41) is 0.0104. The number of amides is 1. The fourth-order valence-corrected chi connectivity index (χ4v) is 11.1. The fraction of sp³-hybridized carbons (Fsp3) is 0.826. The number of thioether (sulfide) groups is 2. The number of hydrogen-bond donors (Lipinski definition) is 0. The number of ether oxygens (including phenoxy) is 1. The van der Waals surface area contributed by atoms with Crippen LogP contribution >= 0.6 is 23.5 Å². The highest BCUT2D eigenvalue weighted by Gasteiger charge is 2.59. The summed E-state index contributed by atoms with van der Waals surface area (Å²) in [7, 11) is -3.09. The number of hydrogen-bond acceptors (Lipinski definition) is 7. The minimum atomic E-state index is -1.35. The van der Waals surface area contributed by atoms with E-state index in [1.165, 1.54) is 11.8 Å². The van der Waals surface area contributed by atoms with Gasteiger partial charge >= 0.3 is 5.97 Å². The molecule has 0 bridgehead atoms. The van der Waals surface area contributed by atoms with Crippen LogP contribution in [0.4, 0.5) is 0 Å². The lowest BCUT2D eigenvalue weighted by atomic mass is 9.92. The molecule has 194 valence electrons. The Morgan fingerprint density at radius 1 is 1.32 bits per heavy atom. The van der Waals surface area contributed by atoms with Crippen molar-refractivity contribution in [3.05, 3.63) is 9.93 Å². The van der Waals surface area contributed by atoms with Gasteiger partial charge in [0.25, 0.3) is 0 Å². The smallest absolute Gasteiger partial charge is 0.356 e. The van der Waals surface area contributed by atoms with E-state index in [1.807, 2.05) is 6.92 Å². The van der Waals surface area contributed by atoms with Crippen LogP contribution in [0.3, 0.4) is 0 Å². The molecule has 0 radical (unpaired) electrons. The van der Waals surface area contributed by atoms with Crippen LogP contribution in [0, 0.1) is 11.8 Å². The van der Waals surface area contributed by atoms with Gasteiger partial charge in [-0.3, -0.25) is 13.9 Å². The first kappa shape index (κ1) is 28.5. The summed E-state index contributed by atoms with van der Waals surface area (Å²) < 4.78 is 25.2. The third-order valence-electron chi connectivity index (χ3n) is 7.13.